The van der Waals surface area contributed by atoms with Crippen molar-refractivity contribution in [3.63, 3.8) is 0 Å². The third-order valence-corrected chi connectivity index (χ3v) is 2.38. The summed E-state index contributed by atoms with van der Waals surface area (Å²) in [5.74, 6) is -0.300. The number of aliphatic hydroxyl groups is 1. The highest BCUT2D eigenvalue weighted by molar-refractivity contribution is 7.80. The molecule has 0 saturated heterocycles. The molecule has 0 aliphatic carbocycles. The summed E-state index contributed by atoms with van der Waals surface area (Å²) in [6.45, 7) is 2.29. The average molecular weight is 264 g/mol. The SMILES string of the molecule is Cc1ccc(C=CC(=O)NC(=S)NCCO)cc1. The van der Waals surface area contributed by atoms with Gasteiger partial charge in [-0.05, 0) is 30.8 Å². The molecule has 0 radical (unpaired) electrons. The van der Waals surface area contributed by atoms with E-state index in [1.165, 1.54) is 11.6 Å². The lowest BCUT2D eigenvalue weighted by Crippen LogP contribution is -2.39. The monoisotopic (exact) mass is 264 g/mol. The Balaban J connectivity index is 2.44. The quantitative estimate of drug-likeness (QED) is 0.561. The van der Waals surface area contributed by atoms with Gasteiger partial charge in [0.15, 0.2) is 5.11 Å². The molecule has 0 aromatic heterocycles. The van der Waals surface area contributed by atoms with Gasteiger partial charge in [0.05, 0.1) is 6.61 Å². The van der Waals surface area contributed by atoms with Crippen LogP contribution in [0.1, 0.15) is 11.1 Å². The standard InChI is InChI=1S/C13H16N2O2S/c1-10-2-4-11(5-3-10)6-7-12(17)15-13(18)14-8-9-16/h2-7,16H,8-9H2,1H3,(H2,14,15,17,18). The minimum absolute atomic E-state index is 0.0325. The highest BCUT2D eigenvalue weighted by atomic mass is 32.1. The van der Waals surface area contributed by atoms with Crippen molar-refractivity contribution >= 4 is 29.3 Å². The Morgan fingerprint density at radius 1 is 1.39 bits per heavy atom. The van der Waals surface area contributed by atoms with Gasteiger partial charge >= 0.3 is 0 Å². The van der Waals surface area contributed by atoms with E-state index in [9.17, 15) is 4.79 Å². The Hall–Kier alpha value is -1.72. The maximum Gasteiger partial charge on any atom is 0.250 e. The van der Waals surface area contributed by atoms with E-state index in [4.69, 9.17) is 17.3 Å². The van der Waals surface area contributed by atoms with E-state index in [0.717, 1.165) is 5.56 Å². The molecule has 0 heterocycles. The van der Waals surface area contributed by atoms with E-state index >= 15 is 0 Å². The van der Waals surface area contributed by atoms with E-state index in [2.05, 4.69) is 10.6 Å². The van der Waals surface area contributed by atoms with Crippen LogP contribution in [0.25, 0.3) is 6.08 Å². The van der Waals surface area contributed by atoms with Crippen LogP contribution in [0, 0.1) is 6.92 Å². The van der Waals surface area contributed by atoms with E-state index in [1.807, 2.05) is 31.2 Å². The Morgan fingerprint density at radius 2 is 2.06 bits per heavy atom. The van der Waals surface area contributed by atoms with Crippen LogP contribution in [0.3, 0.4) is 0 Å². The zero-order valence-corrected chi connectivity index (χ0v) is 11.0. The zero-order chi connectivity index (χ0) is 13.4. The molecular formula is C13H16N2O2S. The maximum atomic E-state index is 11.5. The fraction of sp³-hybridized carbons (Fsp3) is 0.231. The number of carbonyl (C=O) groups is 1. The number of benzene rings is 1. The maximum absolute atomic E-state index is 11.5. The first-order valence-electron chi connectivity index (χ1n) is 5.56. The zero-order valence-electron chi connectivity index (χ0n) is 10.1. The van der Waals surface area contributed by atoms with Gasteiger partial charge in [0.2, 0.25) is 5.91 Å². The van der Waals surface area contributed by atoms with E-state index in [1.54, 1.807) is 6.08 Å². The first-order chi connectivity index (χ1) is 8.61. The van der Waals surface area contributed by atoms with Crippen molar-refractivity contribution < 1.29 is 9.90 Å². The van der Waals surface area contributed by atoms with Crippen molar-refractivity contribution in [2.24, 2.45) is 0 Å². The Labute approximate surface area is 112 Å². The van der Waals surface area contributed by atoms with Crippen LogP contribution < -0.4 is 10.6 Å². The molecule has 1 aromatic rings. The van der Waals surface area contributed by atoms with E-state index in [0.29, 0.717) is 6.54 Å². The Bertz CT molecular complexity index is 441. The molecule has 0 aliphatic heterocycles. The van der Waals surface area contributed by atoms with Crippen molar-refractivity contribution in [3.8, 4) is 0 Å². The number of amides is 1. The molecular weight excluding hydrogens is 248 g/mol. The van der Waals surface area contributed by atoms with Gasteiger partial charge in [-0.15, -0.1) is 0 Å². The number of hydrogen-bond acceptors (Lipinski definition) is 3. The molecule has 0 bridgehead atoms. The summed E-state index contributed by atoms with van der Waals surface area (Å²) in [5.41, 5.74) is 2.12. The van der Waals surface area contributed by atoms with Gasteiger partial charge in [-0.2, -0.15) is 0 Å². The van der Waals surface area contributed by atoms with E-state index in [-0.39, 0.29) is 17.6 Å². The van der Waals surface area contributed by atoms with Crippen LogP contribution >= 0.6 is 12.2 Å². The third-order valence-electron chi connectivity index (χ3n) is 2.14. The molecule has 96 valence electrons. The summed E-state index contributed by atoms with van der Waals surface area (Å²) in [7, 11) is 0. The summed E-state index contributed by atoms with van der Waals surface area (Å²) >= 11 is 4.86. The highest BCUT2D eigenvalue weighted by Gasteiger charge is 1.99. The second kappa shape index (κ2) is 7.58. The van der Waals surface area contributed by atoms with Gasteiger partial charge in [0.1, 0.15) is 0 Å². The predicted molar refractivity (Wildman–Crippen MR) is 76.0 cm³/mol. The summed E-state index contributed by atoms with van der Waals surface area (Å²) in [5, 5.41) is 13.9. The van der Waals surface area contributed by atoms with Gasteiger partial charge in [-0.3, -0.25) is 10.1 Å². The highest BCUT2D eigenvalue weighted by Crippen LogP contribution is 2.04. The minimum Gasteiger partial charge on any atom is -0.395 e. The number of hydrogen-bond donors (Lipinski definition) is 3. The van der Waals surface area contributed by atoms with Crippen molar-refractivity contribution in [2.75, 3.05) is 13.2 Å². The lowest BCUT2D eigenvalue weighted by Gasteiger charge is -2.05. The first kappa shape index (κ1) is 14.3. The van der Waals surface area contributed by atoms with Gasteiger partial charge in [-0.1, -0.05) is 29.8 Å². The Kier molecular flexibility index (Phi) is 6.04. The molecule has 3 N–H and O–H groups in total. The smallest absolute Gasteiger partial charge is 0.250 e. The normalized spacial score (nSPS) is 10.3. The molecule has 5 heteroatoms. The van der Waals surface area contributed by atoms with Crippen molar-refractivity contribution in [1.82, 2.24) is 10.6 Å². The molecule has 0 fully saturated rings. The average Bonchev–Trinajstić information content (AvgIpc) is 2.35. The Morgan fingerprint density at radius 3 is 2.67 bits per heavy atom. The fourth-order valence-corrected chi connectivity index (χ4v) is 1.42. The number of aryl methyl sites for hydroxylation is 1. The lowest BCUT2D eigenvalue weighted by atomic mass is 10.1. The first-order valence-corrected chi connectivity index (χ1v) is 5.97. The number of carbonyl (C=O) groups excluding carboxylic acids is 1. The second-order valence-electron chi connectivity index (χ2n) is 3.71. The molecule has 0 spiro atoms. The summed E-state index contributed by atoms with van der Waals surface area (Å²) in [4.78, 5) is 11.5. The molecule has 0 aliphatic rings. The second-order valence-corrected chi connectivity index (χ2v) is 4.12. The molecule has 1 rings (SSSR count). The molecule has 0 unspecified atom stereocenters. The van der Waals surface area contributed by atoms with E-state index < -0.39 is 0 Å². The third kappa shape index (κ3) is 5.56. The summed E-state index contributed by atoms with van der Waals surface area (Å²) < 4.78 is 0. The molecule has 0 atom stereocenters. The number of aliphatic hydroxyl groups excluding tert-OH is 1. The molecule has 4 nitrogen and oxygen atoms in total. The molecule has 0 saturated carbocycles. The number of nitrogens with one attached hydrogen (secondary N) is 2. The molecule has 1 aromatic carbocycles. The van der Waals surface area contributed by atoms with Crippen LogP contribution in [0.5, 0.6) is 0 Å². The fourth-order valence-electron chi connectivity index (χ4n) is 1.22. The lowest BCUT2D eigenvalue weighted by molar-refractivity contribution is -0.115. The van der Waals surface area contributed by atoms with Crippen LogP contribution in [0.15, 0.2) is 30.3 Å². The molecule has 1 amide bonds. The van der Waals surface area contributed by atoms with Crippen LogP contribution in [-0.2, 0) is 4.79 Å². The summed E-state index contributed by atoms with van der Waals surface area (Å²) in [6, 6.07) is 7.82. The van der Waals surface area contributed by atoms with Gasteiger partial charge in [0.25, 0.3) is 0 Å². The largest absolute Gasteiger partial charge is 0.395 e. The summed E-state index contributed by atoms with van der Waals surface area (Å²) in [6.07, 6.45) is 3.13. The predicted octanol–water partition coefficient (Wildman–Crippen LogP) is 0.991. The topological polar surface area (TPSA) is 61.4 Å². The van der Waals surface area contributed by atoms with Crippen molar-refractivity contribution in [1.29, 1.82) is 0 Å². The van der Waals surface area contributed by atoms with Gasteiger partial charge < -0.3 is 10.4 Å². The van der Waals surface area contributed by atoms with Crippen molar-refractivity contribution in [2.45, 2.75) is 6.92 Å². The van der Waals surface area contributed by atoms with Crippen molar-refractivity contribution in [3.05, 3.63) is 41.5 Å². The molecule has 18 heavy (non-hydrogen) atoms. The number of rotatable bonds is 4. The number of thiocarbonyl (C=S) groups is 1. The van der Waals surface area contributed by atoms with Crippen LogP contribution in [-0.4, -0.2) is 29.3 Å². The van der Waals surface area contributed by atoms with Gasteiger partial charge in [0, 0.05) is 12.6 Å². The van der Waals surface area contributed by atoms with Gasteiger partial charge in [-0.25, -0.2) is 0 Å². The van der Waals surface area contributed by atoms with Crippen LogP contribution in [0.4, 0.5) is 0 Å². The van der Waals surface area contributed by atoms with Crippen LogP contribution in [0.2, 0.25) is 0 Å². The minimum atomic E-state index is -0.300.